The van der Waals surface area contributed by atoms with Crippen molar-refractivity contribution in [2.24, 2.45) is 5.92 Å². The van der Waals surface area contributed by atoms with E-state index in [4.69, 9.17) is 0 Å². The third-order valence-electron chi connectivity index (χ3n) is 5.01. The van der Waals surface area contributed by atoms with Crippen LogP contribution >= 0.6 is 0 Å². The molecule has 6 nitrogen and oxygen atoms in total. The number of fused-ring (bicyclic) bond motifs is 1. The van der Waals surface area contributed by atoms with Gasteiger partial charge in [-0.25, -0.2) is 9.78 Å². The molecule has 2 aromatic rings. The molecule has 2 heterocycles. The lowest BCUT2D eigenvalue weighted by atomic mass is 9.99. The SMILES string of the molecule is Cc1ccc2c(c1)[C@@H](N1C(=O)N[C@@H](Cc3cnc[nH]3)C1=O)[C@H](C)C2. The van der Waals surface area contributed by atoms with Crippen LogP contribution in [0.5, 0.6) is 0 Å². The number of benzene rings is 1. The first-order chi connectivity index (χ1) is 11.5. The highest BCUT2D eigenvalue weighted by molar-refractivity contribution is 6.04. The van der Waals surface area contributed by atoms with Gasteiger partial charge >= 0.3 is 6.03 Å². The fourth-order valence-corrected chi connectivity index (χ4v) is 3.90. The van der Waals surface area contributed by atoms with Crippen LogP contribution in [0.4, 0.5) is 4.79 Å². The van der Waals surface area contributed by atoms with E-state index in [9.17, 15) is 9.59 Å². The fraction of sp³-hybridized carbons (Fsp3) is 0.389. The van der Waals surface area contributed by atoms with E-state index in [1.54, 1.807) is 12.5 Å². The van der Waals surface area contributed by atoms with Crippen molar-refractivity contribution in [3.8, 4) is 0 Å². The second kappa shape index (κ2) is 5.47. The zero-order chi connectivity index (χ0) is 16.8. The number of amides is 3. The van der Waals surface area contributed by atoms with Crippen LogP contribution in [0.15, 0.2) is 30.7 Å². The molecule has 1 aromatic carbocycles. The first-order valence-corrected chi connectivity index (χ1v) is 8.25. The van der Waals surface area contributed by atoms with Gasteiger partial charge in [-0.15, -0.1) is 0 Å². The van der Waals surface area contributed by atoms with Crippen LogP contribution in [-0.2, 0) is 17.6 Å². The Hall–Kier alpha value is -2.63. The lowest BCUT2D eigenvalue weighted by molar-refractivity contribution is -0.129. The van der Waals surface area contributed by atoms with Crippen LogP contribution in [0.25, 0.3) is 0 Å². The number of imidazole rings is 1. The number of hydrogen-bond acceptors (Lipinski definition) is 3. The van der Waals surface area contributed by atoms with Crippen LogP contribution in [-0.4, -0.2) is 32.8 Å². The Morgan fingerprint density at radius 1 is 1.33 bits per heavy atom. The number of carbonyl (C=O) groups excluding carboxylic acids is 2. The van der Waals surface area contributed by atoms with Crippen molar-refractivity contribution in [2.75, 3.05) is 0 Å². The number of carbonyl (C=O) groups is 2. The molecule has 0 bridgehead atoms. The highest BCUT2D eigenvalue weighted by Crippen LogP contribution is 2.41. The number of urea groups is 1. The smallest absolute Gasteiger partial charge is 0.325 e. The van der Waals surface area contributed by atoms with E-state index in [1.807, 2.05) is 6.92 Å². The Kier molecular flexibility index (Phi) is 3.40. The third-order valence-corrected chi connectivity index (χ3v) is 5.01. The summed E-state index contributed by atoms with van der Waals surface area (Å²) in [5, 5.41) is 2.82. The minimum absolute atomic E-state index is 0.152. The standard InChI is InChI=1S/C18H20N4O2/c1-10-3-4-12-6-11(2)16(14(12)5-10)22-17(23)15(21-18(22)24)7-13-8-19-9-20-13/h3-5,8-9,11,15-16H,6-7H2,1-2H3,(H,19,20)(H,21,24)/t11-,15+,16+/m1/s1. The van der Waals surface area contributed by atoms with Crippen molar-refractivity contribution in [3.63, 3.8) is 0 Å². The van der Waals surface area contributed by atoms with E-state index < -0.39 is 6.04 Å². The second-order valence-corrected chi connectivity index (χ2v) is 6.82. The maximum absolute atomic E-state index is 12.9. The van der Waals surface area contributed by atoms with Crippen LogP contribution in [0, 0.1) is 12.8 Å². The Labute approximate surface area is 140 Å². The lowest BCUT2D eigenvalue weighted by Crippen LogP contribution is -2.37. The Morgan fingerprint density at radius 3 is 2.92 bits per heavy atom. The molecule has 1 aromatic heterocycles. The van der Waals surface area contributed by atoms with Crippen molar-refractivity contribution in [1.82, 2.24) is 20.2 Å². The maximum Gasteiger partial charge on any atom is 0.325 e. The lowest BCUT2D eigenvalue weighted by Gasteiger charge is -2.26. The van der Waals surface area contributed by atoms with Crippen molar-refractivity contribution < 1.29 is 9.59 Å². The molecule has 1 aliphatic heterocycles. The fourth-order valence-electron chi connectivity index (χ4n) is 3.90. The molecule has 0 unspecified atom stereocenters. The zero-order valence-corrected chi connectivity index (χ0v) is 13.7. The van der Waals surface area contributed by atoms with Crippen molar-refractivity contribution in [2.45, 2.75) is 38.8 Å². The summed E-state index contributed by atoms with van der Waals surface area (Å²) in [6.45, 7) is 4.13. The first-order valence-electron chi connectivity index (χ1n) is 8.25. The molecule has 1 saturated heterocycles. The molecule has 4 rings (SSSR count). The largest absolute Gasteiger partial charge is 0.348 e. The molecule has 24 heavy (non-hydrogen) atoms. The van der Waals surface area contributed by atoms with E-state index in [2.05, 4.69) is 40.4 Å². The number of aromatic nitrogens is 2. The minimum atomic E-state index is -0.529. The Balaban J connectivity index is 1.63. The predicted molar refractivity (Wildman–Crippen MR) is 88.2 cm³/mol. The summed E-state index contributed by atoms with van der Waals surface area (Å²) in [6, 6.07) is 5.29. The molecule has 124 valence electrons. The van der Waals surface area contributed by atoms with E-state index in [-0.39, 0.29) is 23.9 Å². The van der Waals surface area contributed by atoms with E-state index in [1.165, 1.54) is 10.5 Å². The van der Waals surface area contributed by atoms with Gasteiger partial charge in [-0.3, -0.25) is 9.69 Å². The average molecular weight is 324 g/mol. The number of nitrogens with one attached hydrogen (secondary N) is 2. The molecule has 0 spiro atoms. The molecule has 2 N–H and O–H groups in total. The van der Waals surface area contributed by atoms with Gasteiger partial charge in [0.25, 0.3) is 5.91 Å². The topological polar surface area (TPSA) is 78.1 Å². The molecular formula is C18H20N4O2. The zero-order valence-electron chi connectivity index (χ0n) is 13.7. The molecule has 3 amide bonds. The van der Waals surface area contributed by atoms with Gasteiger partial charge in [0.2, 0.25) is 0 Å². The highest BCUT2D eigenvalue weighted by Gasteiger charge is 2.46. The van der Waals surface area contributed by atoms with Crippen molar-refractivity contribution in [1.29, 1.82) is 0 Å². The number of aryl methyl sites for hydroxylation is 1. The Bertz CT molecular complexity index is 799. The third kappa shape index (κ3) is 2.29. The summed E-state index contributed by atoms with van der Waals surface area (Å²) in [5.74, 6) is 0.0724. The summed E-state index contributed by atoms with van der Waals surface area (Å²) in [4.78, 5) is 33.8. The van der Waals surface area contributed by atoms with Crippen LogP contribution in [0.1, 0.15) is 35.3 Å². The van der Waals surface area contributed by atoms with Gasteiger partial charge in [-0.1, -0.05) is 30.7 Å². The number of rotatable bonds is 3. The van der Waals surface area contributed by atoms with E-state index >= 15 is 0 Å². The van der Waals surface area contributed by atoms with Gasteiger partial charge in [0.1, 0.15) is 6.04 Å². The molecule has 6 heteroatoms. The van der Waals surface area contributed by atoms with Crippen molar-refractivity contribution in [3.05, 3.63) is 53.1 Å². The van der Waals surface area contributed by atoms with Gasteiger partial charge < -0.3 is 10.3 Å². The summed E-state index contributed by atoms with van der Waals surface area (Å²) in [6.07, 6.45) is 4.58. The van der Waals surface area contributed by atoms with Crippen molar-refractivity contribution >= 4 is 11.9 Å². The summed E-state index contributed by atoms with van der Waals surface area (Å²) < 4.78 is 0. The predicted octanol–water partition coefficient (Wildman–Crippen LogP) is 2.11. The summed E-state index contributed by atoms with van der Waals surface area (Å²) in [5.41, 5.74) is 4.32. The number of imide groups is 1. The summed E-state index contributed by atoms with van der Waals surface area (Å²) in [7, 11) is 0. The van der Waals surface area contributed by atoms with Gasteiger partial charge in [-0.05, 0) is 30.4 Å². The molecule has 0 radical (unpaired) electrons. The Morgan fingerprint density at radius 2 is 2.17 bits per heavy atom. The molecular weight excluding hydrogens is 304 g/mol. The normalized spacial score (nSPS) is 25.9. The highest BCUT2D eigenvalue weighted by atomic mass is 16.2. The number of aromatic amines is 1. The monoisotopic (exact) mass is 324 g/mol. The van der Waals surface area contributed by atoms with Gasteiger partial charge in [0.05, 0.1) is 12.4 Å². The summed E-state index contributed by atoms with van der Waals surface area (Å²) >= 11 is 0. The van der Waals surface area contributed by atoms with Crippen LogP contribution in [0.3, 0.4) is 0 Å². The molecule has 3 atom stereocenters. The minimum Gasteiger partial charge on any atom is -0.348 e. The molecule has 1 fully saturated rings. The quantitative estimate of drug-likeness (QED) is 0.849. The molecule has 1 aliphatic carbocycles. The van der Waals surface area contributed by atoms with Gasteiger partial charge in [0, 0.05) is 18.3 Å². The second-order valence-electron chi connectivity index (χ2n) is 6.82. The molecule has 2 aliphatic rings. The van der Waals surface area contributed by atoms with Crippen LogP contribution < -0.4 is 5.32 Å². The van der Waals surface area contributed by atoms with E-state index in [0.29, 0.717) is 6.42 Å². The maximum atomic E-state index is 12.9. The number of hydrogen-bond donors (Lipinski definition) is 2. The number of nitrogens with zero attached hydrogens (tertiary/aromatic N) is 2. The number of H-pyrrole nitrogens is 1. The van der Waals surface area contributed by atoms with Gasteiger partial charge in [0.15, 0.2) is 0 Å². The van der Waals surface area contributed by atoms with E-state index in [0.717, 1.165) is 23.2 Å². The first kappa shape index (κ1) is 14.9. The molecule has 0 saturated carbocycles. The van der Waals surface area contributed by atoms with Gasteiger partial charge in [-0.2, -0.15) is 0 Å². The van der Waals surface area contributed by atoms with Crippen LogP contribution in [0.2, 0.25) is 0 Å². The average Bonchev–Trinajstić information content (AvgIpc) is 3.21.